The Morgan fingerprint density at radius 2 is 0.940 bits per heavy atom. The predicted molar refractivity (Wildman–Crippen MR) is 263 cm³/mol. The highest BCUT2D eigenvalue weighted by molar-refractivity contribution is 5.89. The second-order valence-electron chi connectivity index (χ2n) is 18.5. The second-order valence-corrected chi connectivity index (χ2v) is 18.5. The number of unbranched alkanes of at least 4 members (excludes halogenated alkanes) is 25. The van der Waals surface area contributed by atoms with Crippen molar-refractivity contribution >= 4 is 29.7 Å². The highest BCUT2D eigenvalue weighted by Gasteiger charge is 2.47. The van der Waals surface area contributed by atoms with E-state index < -0.39 is 74.1 Å². The highest BCUT2D eigenvalue weighted by atomic mass is 16.6. The van der Waals surface area contributed by atoms with E-state index in [0.717, 1.165) is 44.1 Å². The molecule has 5 atom stereocenters. The Labute approximate surface area is 403 Å². The van der Waals surface area contributed by atoms with Crippen LogP contribution in [0.1, 0.15) is 199 Å². The van der Waals surface area contributed by atoms with Crippen LogP contribution in [0.2, 0.25) is 0 Å². The van der Waals surface area contributed by atoms with Crippen molar-refractivity contribution in [3.63, 3.8) is 0 Å². The van der Waals surface area contributed by atoms with Gasteiger partial charge in [-0.2, -0.15) is 0 Å². The molecule has 0 radical (unpaired) electrons. The molecule has 0 bridgehead atoms. The average molecular weight is 946 g/mol. The zero-order chi connectivity index (χ0) is 48.7. The third-order valence-electron chi connectivity index (χ3n) is 12.6. The van der Waals surface area contributed by atoms with E-state index in [1.807, 2.05) is 6.07 Å². The van der Waals surface area contributed by atoms with Gasteiger partial charge in [0.25, 0.3) is 0 Å². The Hall–Kier alpha value is -3.79. The number of aliphatic hydroxyl groups is 3. The lowest BCUT2D eigenvalue weighted by atomic mass is 9.96. The highest BCUT2D eigenvalue weighted by Crippen LogP contribution is 2.26. The fraction of sp³-hybridized carbons (Fsp3) is 0.788. The second kappa shape index (κ2) is 39.1. The molecule has 1 heterocycles. The van der Waals surface area contributed by atoms with Crippen LogP contribution < -0.4 is 21.3 Å². The van der Waals surface area contributed by atoms with Crippen molar-refractivity contribution in [3.05, 3.63) is 35.9 Å². The molecule has 1 fully saturated rings. The van der Waals surface area contributed by atoms with Crippen molar-refractivity contribution in [1.82, 2.24) is 26.2 Å². The fourth-order valence-corrected chi connectivity index (χ4v) is 8.35. The summed E-state index contributed by atoms with van der Waals surface area (Å²) in [5, 5.41) is 42.6. The molecule has 1 aliphatic rings. The van der Waals surface area contributed by atoms with Gasteiger partial charge in [0.1, 0.15) is 37.6 Å². The number of nitrogens with one attached hydrogen (secondary N) is 4. The van der Waals surface area contributed by atoms with Crippen LogP contribution >= 0.6 is 0 Å². The van der Waals surface area contributed by atoms with Crippen molar-refractivity contribution in [1.29, 1.82) is 0 Å². The number of benzene rings is 1. The summed E-state index contributed by atoms with van der Waals surface area (Å²) in [6.07, 6.45) is 24.6. The molecule has 384 valence electrons. The van der Waals surface area contributed by atoms with E-state index in [-0.39, 0.29) is 25.5 Å². The van der Waals surface area contributed by atoms with Gasteiger partial charge < -0.3 is 51.0 Å². The minimum Gasteiger partial charge on any atom is -0.445 e. The van der Waals surface area contributed by atoms with Crippen molar-refractivity contribution in [2.75, 3.05) is 32.7 Å². The average Bonchev–Trinajstić information content (AvgIpc) is 3.33. The molecule has 15 nitrogen and oxygen atoms in total. The lowest BCUT2D eigenvalue weighted by Crippen LogP contribution is -2.65. The predicted octanol–water partition coefficient (Wildman–Crippen LogP) is 7.86. The SMILES string of the molecule is CCCCCCCCCCCCCCCCCC(=O)N(CCCCCCCCCCCCCC)[C@@H]1O[C@H](CNC(=O)CNC(=O)CNC(=O)CNC(=O)OCc2ccccc2)[C@@H](O)[C@H](O)[C@H]1O. The van der Waals surface area contributed by atoms with E-state index in [0.29, 0.717) is 19.4 Å². The molecule has 1 aromatic carbocycles. The van der Waals surface area contributed by atoms with E-state index in [2.05, 4.69) is 35.1 Å². The molecule has 67 heavy (non-hydrogen) atoms. The van der Waals surface area contributed by atoms with E-state index in [1.54, 1.807) is 24.3 Å². The van der Waals surface area contributed by atoms with Crippen LogP contribution in [0.4, 0.5) is 4.79 Å². The molecule has 7 N–H and O–H groups in total. The van der Waals surface area contributed by atoms with E-state index in [9.17, 15) is 39.3 Å². The maximum atomic E-state index is 13.8. The van der Waals surface area contributed by atoms with E-state index in [4.69, 9.17) is 9.47 Å². The summed E-state index contributed by atoms with van der Waals surface area (Å²) >= 11 is 0. The maximum Gasteiger partial charge on any atom is 0.407 e. The van der Waals surface area contributed by atoms with Crippen molar-refractivity contribution in [2.45, 2.75) is 231 Å². The van der Waals surface area contributed by atoms with Crippen LogP contribution in [-0.4, -0.2) is 113 Å². The molecular formula is C52H91N5O10. The van der Waals surface area contributed by atoms with Gasteiger partial charge in [0.2, 0.25) is 23.6 Å². The number of hydrogen-bond donors (Lipinski definition) is 7. The largest absolute Gasteiger partial charge is 0.445 e. The van der Waals surface area contributed by atoms with E-state index in [1.165, 1.54) is 127 Å². The summed E-state index contributed by atoms with van der Waals surface area (Å²) in [5.74, 6) is -2.12. The molecule has 1 saturated heterocycles. The minimum atomic E-state index is -1.63. The van der Waals surface area contributed by atoms with Gasteiger partial charge in [-0.3, -0.25) is 19.2 Å². The molecule has 2 rings (SSSR count). The number of amides is 5. The molecule has 0 saturated carbocycles. The number of carbonyl (C=O) groups excluding carboxylic acids is 5. The zero-order valence-electron chi connectivity index (χ0n) is 41.5. The first-order valence-electron chi connectivity index (χ1n) is 26.3. The van der Waals surface area contributed by atoms with Gasteiger partial charge >= 0.3 is 6.09 Å². The molecule has 15 heteroatoms. The number of aliphatic hydroxyl groups excluding tert-OH is 3. The normalized spacial score (nSPS) is 18.0. The lowest BCUT2D eigenvalue weighted by Gasteiger charge is -2.45. The maximum absolute atomic E-state index is 13.8. The molecule has 0 aliphatic carbocycles. The van der Waals surface area contributed by atoms with Gasteiger partial charge in [-0.25, -0.2) is 4.79 Å². The van der Waals surface area contributed by atoms with Crippen molar-refractivity contribution < 1.29 is 48.8 Å². The van der Waals surface area contributed by atoms with Gasteiger partial charge in [0.05, 0.1) is 13.1 Å². The van der Waals surface area contributed by atoms with Gasteiger partial charge in [-0.15, -0.1) is 0 Å². The molecule has 5 amide bonds. The number of hydrogen-bond acceptors (Lipinski definition) is 10. The Morgan fingerprint density at radius 1 is 0.522 bits per heavy atom. The van der Waals surface area contributed by atoms with Gasteiger partial charge in [0, 0.05) is 19.5 Å². The summed E-state index contributed by atoms with van der Waals surface area (Å²) < 4.78 is 11.2. The van der Waals surface area contributed by atoms with Gasteiger partial charge in [0.15, 0.2) is 6.23 Å². The number of ether oxygens (including phenoxy) is 2. The topological polar surface area (TPSA) is 216 Å². The van der Waals surface area contributed by atoms with Crippen LogP contribution in [0.3, 0.4) is 0 Å². The number of nitrogens with zero attached hydrogens (tertiary/aromatic N) is 1. The summed E-state index contributed by atoms with van der Waals surface area (Å²) in [4.78, 5) is 64.4. The molecule has 1 aliphatic heterocycles. The van der Waals surface area contributed by atoms with E-state index >= 15 is 0 Å². The third-order valence-corrected chi connectivity index (χ3v) is 12.6. The molecule has 0 unspecified atom stereocenters. The third kappa shape index (κ3) is 29.0. The fourth-order valence-electron chi connectivity index (χ4n) is 8.35. The summed E-state index contributed by atoms with van der Waals surface area (Å²) in [6.45, 7) is 3.24. The summed E-state index contributed by atoms with van der Waals surface area (Å²) in [5.41, 5.74) is 0.782. The van der Waals surface area contributed by atoms with Crippen LogP contribution in [0, 0.1) is 0 Å². The molecular weight excluding hydrogens is 855 g/mol. The molecule has 1 aromatic rings. The van der Waals surface area contributed by atoms with Crippen LogP contribution in [0.25, 0.3) is 0 Å². The Bertz CT molecular complexity index is 1460. The minimum absolute atomic E-state index is 0.0327. The Kier molecular flexibility index (Phi) is 34.6. The van der Waals surface area contributed by atoms with Crippen molar-refractivity contribution in [3.8, 4) is 0 Å². The lowest BCUT2D eigenvalue weighted by molar-refractivity contribution is -0.255. The van der Waals surface area contributed by atoms with Gasteiger partial charge in [-0.05, 0) is 18.4 Å². The van der Waals surface area contributed by atoms with Crippen LogP contribution in [0.5, 0.6) is 0 Å². The van der Waals surface area contributed by atoms with Gasteiger partial charge in [-0.1, -0.05) is 205 Å². The smallest absolute Gasteiger partial charge is 0.407 e. The molecule has 0 aromatic heterocycles. The standard InChI is InChI=1S/C52H91N5O10/c1-3-5-7-9-11-13-15-17-18-19-20-22-24-26-31-35-47(61)57(36-32-27-25-23-21-16-14-12-10-8-6-4-2)51-50(64)49(63)48(62)43(67-51)37-53-44(58)38-54-45(59)39-55-46(60)40-56-52(65)66-41-42-33-29-28-30-34-42/h28-30,33-34,43,48-51,62-64H,3-27,31-32,35-41H2,1-2H3,(H,53,58)(H,54,59)(H,55,60)(H,56,65)/t43-,48-,49+,50-,51-/m1/s1. The summed E-state index contributed by atoms with van der Waals surface area (Å²) in [7, 11) is 0. The quantitative estimate of drug-likeness (QED) is 0.0316. The number of carbonyl (C=O) groups is 5. The number of rotatable bonds is 40. The first-order valence-corrected chi connectivity index (χ1v) is 26.3. The zero-order valence-corrected chi connectivity index (χ0v) is 41.5. The molecule has 0 spiro atoms. The Morgan fingerprint density at radius 3 is 1.42 bits per heavy atom. The first kappa shape index (κ1) is 59.3. The van der Waals surface area contributed by atoms with Crippen molar-refractivity contribution in [2.24, 2.45) is 0 Å². The first-order chi connectivity index (χ1) is 32.6. The monoisotopic (exact) mass is 946 g/mol. The van der Waals surface area contributed by atoms with Crippen LogP contribution in [0.15, 0.2) is 30.3 Å². The summed E-state index contributed by atoms with van der Waals surface area (Å²) in [6, 6.07) is 9.03. The number of alkyl carbamates (subject to hydrolysis) is 1. The van der Waals surface area contributed by atoms with Crippen LogP contribution in [-0.2, 0) is 35.3 Å². The Balaban J connectivity index is 1.80.